The summed E-state index contributed by atoms with van der Waals surface area (Å²) in [5.74, 6) is 0.350. The zero-order valence-corrected chi connectivity index (χ0v) is 11.5. The molecule has 1 saturated heterocycles. The first-order chi connectivity index (χ1) is 9.15. The minimum Gasteiger partial charge on any atom is -0.454 e. The van der Waals surface area contributed by atoms with Gasteiger partial charge in [-0.2, -0.15) is 0 Å². The fraction of sp³-hybridized carbons (Fsp3) is 0.733. The quantitative estimate of drug-likeness (QED) is 0.628. The van der Waals surface area contributed by atoms with Crippen molar-refractivity contribution in [2.24, 2.45) is 5.92 Å². The minimum absolute atomic E-state index is 0.0112. The van der Waals surface area contributed by atoms with Crippen molar-refractivity contribution in [2.75, 3.05) is 13.1 Å². The maximum atomic E-state index is 12.2. The molecule has 3 heterocycles. The smallest absolute Gasteiger partial charge is 0.334 e. The van der Waals surface area contributed by atoms with Crippen molar-refractivity contribution in [1.29, 1.82) is 0 Å². The molecule has 3 rings (SSSR count). The van der Waals surface area contributed by atoms with Crippen LogP contribution in [0, 0.1) is 5.92 Å². The van der Waals surface area contributed by atoms with Crippen LogP contribution in [0.3, 0.4) is 0 Å². The Labute approximate surface area is 113 Å². The first-order valence-corrected chi connectivity index (χ1v) is 7.36. The Hall–Kier alpha value is -1.32. The van der Waals surface area contributed by atoms with Crippen LogP contribution in [-0.2, 0) is 14.3 Å². The molecular weight excluding hydrogens is 242 g/mol. The molecule has 0 spiro atoms. The van der Waals surface area contributed by atoms with Crippen LogP contribution in [0.4, 0.5) is 0 Å². The lowest BCUT2D eigenvalue weighted by Gasteiger charge is -2.24. The van der Waals surface area contributed by atoms with Crippen LogP contribution >= 0.6 is 0 Å². The zero-order chi connectivity index (χ0) is 13.4. The van der Waals surface area contributed by atoms with Crippen molar-refractivity contribution < 1.29 is 14.3 Å². The molecule has 0 unspecified atom stereocenters. The van der Waals surface area contributed by atoms with Crippen LogP contribution < -0.4 is 0 Å². The van der Waals surface area contributed by atoms with Crippen molar-refractivity contribution >= 4 is 11.9 Å². The molecule has 0 aromatic carbocycles. The summed E-state index contributed by atoms with van der Waals surface area (Å²) in [7, 11) is 0. The highest BCUT2D eigenvalue weighted by molar-refractivity contribution is 5.92. The molecule has 2 atom stereocenters. The average Bonchev–Trinajstić information content (AvgIpc) is 2.67. The number of carbonyl (C=O) groups excluding carboxylic acids is 2. The molecular formula is C15H21NO3. The standard InChI is InChI=1S/C15H21NO3/c1-10-8-12-11-4-2-6-16(14(17)9-10)7-3-5-13(11)19-15(12)18/h10,13H,2-9H2,1H3/t10-,13+/m1/s1. The van der Waals surface area contributed by atoms with E-state index in [1.807, 2.05) is 4.90 Å². The second-order valence-corrected chi connectivity index (χ2v) is 6.04. The van der Waals surface area contributed by atoms with Crippen LogP contribution in [0.5, 0.6) is 0 Å². The van der Waals surface area contributed by atoms with E-state index in [9.17, 15) is 9.59 Å². The third-order valence-corrected chi connectivity index (χ3v) is 4.47. The van der Waals surface area contributed by atoms with Gasteiger partial charge in [0.2, 0.25) is 5.91 Å². The van der Waals surface area contributed by atoms with Gasteiger partial charge in [-0.1, -0.05) is 6.92 Å². The summed E-state index contributed by atoms with van der Waals surface area (Å²) < 4.78 is 5.54. The van der Waals surface area contributed by atoms with Gasteiger partial charge >= 0.3 is 5.97 Å². The number of carbonyl (C=O) groups is 2. The van der Waals surface area contributed by atoms with E-state index in [0.29, 0.717) is 12.8 Å². The van der Waals surface area contributed by atoms with Crippen molar-refractivity contribution in [1.82, 2.24) is 4.90 Å². The third kappa shape index (κ3) is 2.40. The van der Waals surface area contributed by atoms with Crippen molar-refractivity contribution in [3.8, 4) is 0 Å². The van der Waals surface area contributed by atoms with Gasteiger partial charge < -0.3 is 9.64 Å². The van der Waals surface area contributed by atoms with Gasteiger partial charge in [-0.3, -0.25) is 4.79 Å². The highest BCUT2D eigenvalue weighted by atomic mass is 16.5. The summed E-state index contributed by atoms with van der Waals surface area (Å²) in [5, 5.41) is 0. The van der Waals surface area contributed by atoms with Gasteiger partial charge in [0.1, 0.15) is 6.10 Å². The van der Waals surface area contributed by atoms with Gasteiger partial charge in [0, 0.05) is 25.1 Å². The van der Waals surface area contributed by atoms with Crippen LogP contribution in [0.15, 0.2) is 11.1 Å². The van der Waals surface area contributed by atoms with Gasteiger partial charge in [0.25, 0.3) is 0 Å². The summed E-state index contributed by atoms with van der Waals surface area (Å²) in [6.07, 6.45) is 4.88. The maximum absolute atomic E-state index is 12.2. The molecule has 0 aliphatic carbocycles. The molecule has 19 heavy (non-hydrogen) atoms. The fourth-order valence-electron chi connectivity index (χ4n) is 3.49. The molecule has 3 aliphatic rings. The molecule has 0 aromatic heterocycles. The molecule has 2 bridgehead atoms. The number of esters is 1. The second kappa shape index (κ2) is 4.99. The molecule has 104 valence electrons. The molecule has 1 fully saturated rings. The van der Waals surface area contributed by atoms with Crippen molar-refractivity contribution in [3.05, 3.63) is 11.1 Å². The molecule has 3 aliphatic heterocycles. The molecule has 0 aromatic rings. The predicted octanol–water partition coefficient (Wildman–Crippen LogP) is 2.04. The van der Waals surface area contributed by atoms with E-state index in [0.717, 1.165) is 44.3 Å². The number of nitrogens with zero attached hydrogens (tertiary/aromatic N) is 1. The fourth-order valence-corrected chi connectivity index (χ4v) is 3.49. The van der Waals surface area contributed by atoms with E-state index in [-0.39, 0.29) is 23.9 Å². The molecule has 4 heteroatoms. The lowest BCUT2D eigenvalue weighted by atomic mass is 9.90. The number of rotatable bonds is 0. The topological polar surface area (TPSA) is 46.6 Å². The van der Waals surface area contributed by atoms with Crippen LogP contribution in [-0.4, -0.2) is 36.0 Å². The number of hydrogen-bond acceptors (Lipinski definition) is 3. The average molecular weight is 263 g/mol. The Morgan fingerprint density at radius 2 is 1.95 bits per heavy atom. The Bertz CT molecular complexity index is 441. The lowest BCUT2D eigenvalue weighted by Crippen LogP contribution is -2.34. The third-order valence-electron chi connectivity index (χ3n) is 4.47. The molecule has 0 N–H and O–H groups in total. The van der Waals surface area contributed by atoms with Gasteiger partial charge in [-0.25, -0.2) is 4.79 Å². The Balaban J connectivity index is 1.97. The van der Waals surface area contributed by atoms with E-state index >= 15 is 0 Å². The van der Waals surface area contributed by atoms with Crippen LogP contribution in [0.2, 0.25) is 0 Å². The van der Waals surface area contributed by atoms with E-state index in [4.69, 9.17) is 4.74 Å². The summed E-state index contributed by atoms with van der Waals surface area (Å²) in [6, 6.07) is 0. The molecule has 0 radical (unpaired) electrons. The number of ether oxygens (including phenoxy) is 1. The molecule has 4 nitrogen and oxygen atoms in total. The first-order valence-electron chi connectivity index (χ1n) is 7.36. The van der Waals surface area contributed by atoms with Gasteiger partial charge in [-0.15, -0.1) is 0 Å². The highest BCUT2D eigenvalue weighted by Gasteiger charge is 2.36. The predicted molar refractivity (Wildman–Crippen MR) is 70.4 cm³/mol. The largest absolute Gasteiger partial charge is 0.454 e. The van der Waals surface area contributed by atoms with E-state index < -0.39 is 0 Å². The maximum Gasteiger partial charge on any atom is 0.334 e. The van der Waals surface area contributed by atoms with E-state index in [2.05, 4.69) is 6.92 Å². The monoisotopic (exact) mass is 263 g/mol. The number of hydrogen-bond donors (Lipinski definition) is 0. The van der Waals surface area contributed by atoms with Crippen LogP contribution in [0.25, 0.3) is 0 Å². The number of amides is 1. The van der Waals surface area contributed by atoms with Gasteiger partial charge in [-0.05, 0) is 43.6 Å². The molecule has 0 saturated carbocycles. The highest BCUT2D eigenvalue weighted by Crippen LogP contribution is 2.35. The lowest BCUT2D eigenvalue weighted by molar-refractivity contribution is -0.141. The summed E-state index contributed by atoms with van der Waals surface area (Å²) >= 11 is 0. The Morgan fingerprint density at radius 3 is 2.79 bits per heavy atom. The summed E-state index contributed by atoms with van der Waals surface area (Å²) in [6.45, 7) is 3.69. The van der Waals surface area contributed by atoms with Crippen molar-refractivity contribution in [3.63, 3.8) is 0 Å². The van der Waals surface area contributed by atoms with Crippen molar-refractivity contribution in [2.45, 2.75) is 51.6 Å². The van der Waals surface area contributed by atoms with Gasteiger partial charge in [0.05, 0.1) is 0 Å². The van der Waals surface area contributed by atoms with Gasteiger partial charge in [0.15, 0.2) is 0 Å². The Morgan fingerprint density at radius 1 is 1.16 bits per heavy atom. The normalized spacial score (nSPS) is 32.2. The summed E-state index contributed by atoms with van der Waals surface area (Å²) in [5.41, 5.74) is 2.11. The second-order valence-electron chi connectivity index (χ2n) is 6.04. The molecule has 1 amide bonds. The zero-order valence-electron chi connectivity index (χ0n) is 11.5. The van der Waals surface area contributed by atoms with E-state index in [1.165, 1.54) is 5.57 Å². The minimum atomic E-state index is -0.127. The SMILES string of the molecule is C[C@H]1CC(=O)N2CCCC3=C(C1)C(=O)O[C@H]3CCC2. The summed E-state index contributed by atoms with van der Waals surface area (Å²) in [4.78, 5) is 26.3. The van der Waals surface area contributed by atoms with E-state index in [1.54, 1.807) is 0 Å². The Kier molecular flexibility index (Phi) is 3.33. The van der Waals surface area contributed by atoms with Crippen LogP contribution in [0.1, 0.15) is 45.4 Å². The number of fused-ring (bicyclic) bond motifs is 3. The first kappa shape index (κ1) is 12.7.